The van der Waals surface area contributed by atoms with Crippen molar-refractivity contribution in [2.75, 3.05) is 0 Å². The van der Waals surface area contributed by atoms with Gasteiger partial charge >= 0.3 is 7.69 Å². The van der Waals surface area contributed by atoms with Gasteiger partial charge in [-0.15, -0.1) is 0 Å². The molecule has 2 aromatic carbocycles. The Labute approximate surface area is 115 Å². The molecule has 0 aromatic heterocycles. The molecule has 0 aliphatic carbocycles. The molecule has 0 aliphatic heterocycles. The van der Waals surface area contributed by atoms with Crippen LogP contribution >= 0.6 is 0 Å². The van der Waals surface area contributed by atoms with Gasteiger partial charge in [-0.2, -0.15) is 0 Å². The Balaban J connectivity index is 1.88. The Kier molecular flexibility index (Phi) is 4.90. The van der Waals surface area contributed by atoms with E-state index in [1.807, 2.05) is 36.4 Å². The van der Waals surface area contributed by atoms with E-state index in [0.717, 1.165) is 24.3 Å². The van der Waals surface area contributed by atoms with Crippen LogP contribution in [0.25, 0.3) is 0 Å². The van der Waals surface area contributed by atoms with Gasteiger partial charge in [0.25, 0.3) is 0 Å². The maximum absolute atomic E-state index is 5.60. The van der Waals surface area contributed by atoms with Crippen LogP contribution in [0.1, 0.15) is 25.0 Å². The molecule has 0 bridgehead atoms. The van der Waals surface area contributed by atoms with E-state index in [2.05, 4.69) is 26.0 Å². The first-order valence-corrected chi connectivity index (χ1v) is 6.75. The van der Waals surface area contributed by atoms with Crippen LogP contribution in [0.15, 0.2) is 48.5 Å². The highest BCUT2D eigenvalue weighted by atomic mass is 16.6. The van der Waals surface area contributed by atoms with Gasteiger partial charge in [-0.1, -0.05) is 38.1 Å². The summed E-state index contributed by atoms with van der Waals surface area (Å²) in [6.45, 7) is 4.26. The van der Waals surface area contributed by atoms with Gasteiger partial charge in [0, 0.05) is 0 Å². The molecule has 3 heteroatoms. The van der Waals surface area contributed by atoms with Crippen molar-refractivity contribution in [2.45, 2.75) is 26.7 Å². The highest BCUT2D eigenvalue weighted by Crippen LogP contribution is 2.15. The van der Waals surface area contributed by atoms with Gasteiger partial charge in [0.2, 0.25) is 0 Å². The summed E-state index contributed by atoms with van der Waals surface area (Å²) in [6, 6.07) is 16.2. The van der Waals surface area contributed by atoms with Gasteiger partial charge in [-0.3, -0.25) is 0 Å². The standard InChI is InChI=1S/C16H19BO2/c1-3-13-7-5-9-15(11-13)18-17-19-16-10-6-8-14(4-2)12-16/h5-12,17H,3-4H2,1-2H3. The lowest BCUT2D eigenvalue weighted by Crippen LogP contribution is -2.11. The predicted molar refractivity (Wildman–Crippen MR) is 80.0 cm³/mol. The summed E-state index contributed by atoms with van der Waals surface area (Å²) >= 11 is 0. The Hall–Kier alpha value is -1.90. The molecule has 0 saturated heterocycles. The van der Waals surface area contributed by atoms with Crippen LogP contribution in [0.5, 0.6) is 11.5 Å². The molecular formula is C16H19BO2. The maximum Gasteiger partial charge on any atom is 0.576 e. The van der Waals surface area contributed by atoms with Crippen LogP contribution in [0.2, 0.25) is 0 Å². The third kappa shape index (κ3) is 4.06. The van der Waals surface area contributed by atoms with Crippen molar-refractivity contribution in [3.8, 4) is 11.5 Å². The zero-order chi connectivity index (χ0) is 13.5. The van der Waals surface area contributed by atoms with E-state index in [9.17, 15) is 0 Å². The highest BCUT2D eigenvalue weighted by molar-refractivity contribution is 6.20. The Morgan fingerprint density at radius 1 is 0.789 bits per heavy atom. The van der Waals surface area contributed by atoms with E-state index >= 15 is 0 Å². The molecule has 0 heterocycles. The van der Waals surface area contributed by atoms with Crippen LogP contribution in [0.3, 0.4) is 0 Å². The first kappa shape index (κ1) is 13.5. The molecule has 0 spiro atoms. The second-order valence-corrected chi connectivity index (χ2v) is 4.41. The van der Waals surface area contributed by atoms with Crippen LogP contribution < -0.4 is 9.31 Å². The second-order valence-electron chi connectivity index (χ2n) is 4.41. The van der Waals surface area contributed by atoms with Crippen molar-refractivity contribution in [3.05, 3.63) is 59.7 Å². The normalized spacial score (nSPS) is 10.0. The fourth-order valence-electron chi connectivity index (χ4n) is 1.88. The number of aryl methyl sites for hydroxylation is 2. The van der Waals surface area contributed by atoms with Gasteiger partial charge in [0.05, 0.1) is 0 Å². The molecule has 2 rings (SSSR count). The van der Waals surface area contributed by atoms with Crippen molar-refractivity contribution in [1.82, 2.24) is 0 Å². The number of rotatable bonds is 6. The lowest BCUT2D eigenvalue weighted by Gasteiger charge is -2.09. The lowest BCUT2D eigenvalue weighted by atomic mass is 10.1. The minimum absolute atomic E-state index is 0.236. The number of benzene rings is 2. The smallest absolute Gasteiger partial charge is 0.529 e. The molecule has 0 atom stereocenters. The van der Waals surface area contributed by atoms with Gasteiger partial charge in [0.1, 0.15) is 11.5 Å². The summed E-state index contributed by atoms with van der Waals surface area (Å²) in [5, 5.41) is 0. The topological polar surface area (TPSA) is 18.5 Å². The second kappa shape index (κ2) is 6.88. The van der Waals surface area contributed by atoms with Crippen molar-refractivity contribution < 1.29 is 9.31 Å². The van der Waals surface area contributed by atoms with E-state index in [1.165, 1.54) is 11.1 Å². The highest BCUT2D eigenvalue weighted by Gasteiger charge is 2.01. The zero-order valence-electron chi connectivity index (χ0n) is 11.6. The van der Waals surface area contributed by atoms with Gasteiger partial charge < -0.3 is 9.31 Å². The van der Waals surface area contributed by atoms with Crippen molar-refractivity contribution in [1.29, 1.82) is 0 Å². The third-order valence-electron chi connectivity index (χ3n) is 3.06. The van der Waals surface area contributed by atoms with E-state index in [4.69, 9.17) is 9.31 Å². The van der Waals surface area contributed by atoms with E-state index < -0.39 is 0 Å². The van der Waals surface area contributed by atoms with Crippen LogP contribution in [-0.4, -0.2) is 7.69 Å². The fourth-order valence-corrected chi connectivity index (χ4v) is 1.88. The van der Waals surface area contributed by atoms with Crippen molar-refractivity contribution in [2.24, 2.45) is 0 Å². The first-order valence-electron chi connectivity index (χ1n) is 6.75. The average Bonchev–Trinajstić information content (AvgIpc) is 2.48. The quantitative estimate of drug-likeness (QED) is 0.734. The summed E-state index contributed by atoms with van der Waals surface area (Å²) in [7, 11) is 0.236. The molecular weight excluding hydrogens is 235 g/mol. The molecule has 2 aromatic rings. The molecule has 0 saturated carbocycles. The van der Waals surface area contributed by atoms with Crippen molar-refractivity contribution in [3.63, 3.8) is 0 Å². The first-order chi connectivity index (χ1) is 9.31. The summed E-state index contributed by atoms with van der Waals surface area (Å²) in [5.41, 5.74) is 2.54. The van der Waals surface area contributed by atoms with Crippen LogP contribution in [-0.2, 0) is 12.8 Å². The van der Waals surface area contributed by atoms with Crippen molar-refractivity contribution >= 4 is 7.69 Å². The Bertz CT molecular complexity index is 478. The van der Waals surface area contributed by atoms with Crippen LogP contribution in [0.4, 0.5) is 0 Å². The van der Waals surface area contributed by atoms with E-state index in [0.29, 0.717) is 0 Å². The minimum atomic E-state index is 0.236. The predicted octanol–water partition coefficient (Wildman–Crippen LogP) is 3.54. The van der Waals surface area contributed by atoms with E-state index in [-0.39, 0.29) is 7.69 Å². The van der Waals surface area contributed by atoms with Gasteiger partial charge in [-0.05, 0) is 48.2 Å². The summed E-state index contributed by atoms with van der Waals surface area (Å²) in [5.74, 6) is 1.71. The molecule has 0 fully saturated rings. The zero-order valence-corrected chi connectivity index (χ0v) is 11.6. The number of hydrogen-bond acceptors (Lipinski definition) is 2. The summed E-state index contributed by atoms with van der Waals surface area (Å²) in [4.78, 5) is 0. The average molecular weight is 254 g/mol. The SMILES string of the molecule is CCc1cccc(OBOc2cccc(CC)c2)c1. The van der Waals surface area contributed by atoms with Gasteiger partial charge in [-0.25, -0.2) is 0 Å². The molecule has 19 heavy (non-hydrogen) atoms. The van der Waals surface area contributed by atoms with Gasteiger partial charge in [0.15, 0.2) is 0 Å². The third-order valence-corrected chi connectivity index (χ3v) is 3.06. The molecule has 98 valence electrons. The molecule has 0 N–H and O–H groups in total. The largest absolute Gasteiger partial charge is 0.576 e. The Morgan fingerprint density at radius 3 is 1.68 bits per heavy atom. The fraction of sp³-hybridized carbons (Fsp3) is 0.250. The molecule has 0 radical (unpaired) electrons. The minimum Gasteiger partial charge on any atom is -0.529 e. The number of hydrogen-bond donors (Lipinski definition) is 0. The molecule has 0 aliphatic rings. The van der Waals surface area contributed by atoms with Crippen LogP contribution in [0, 0.1) is 0 Å². The lowest BCUT2D eigenvalue weighted by molar-refractivity contribution is 0.458. The summed E-state index contributed by atoms with van der Waals surface area (Å²) in [6.07, 6.45) is 2.02. The summed E-state index contributed by atoms with van der Waals surface area (Å²) < 4.78 is 11.2. The Morgan fingerprint density at radius 2 is 1.26 bits per heavy atom. The molecule has 0 unspecified atom stereocenters. The maximum atomic E-state index is 5.60. The molecule has 0 amide bonds. The molecule has 2 nitrogen and oxygen atoms in total. The van der Waals surface area contributed by atoms with E-state index in [1.54, 1.807) is 0 Å². The monoisotopic (exact) mass is 254 g/mol.